The molecule has 0 bridgehead atoms. The molecule has 1 aromatic heterocycles. The molecule has 0 radical (unpaired) electrons. The maximum atomic E-state index is 5.87. The lowest BCUT2D eigenvalue weighted by Gasteiger charge is -2.12. The van der Waals surface area contributed by atoms with Gasteiger partial charge in [0.2, 0.25) is 0 Å². The van der Waals surface area contributed by atoms with Gasteiger partial charge >= 0.3 is 0 Å². The molecular formula is C15H19ClN4. The van der Waals surface area contributed by atoms with Crippen molar-refractivity contribution in [1.82, 2.24) is 9.97 Å². The molecule has 0 amide bonds. The van der Waals surface area contributed by atoms with Gasteiger partial charge in [-0.1, -0.05) is 30.7 Å². The lowest BCUT2D eigenvalue weighted by Crippen LogP contribution is -2.08. The van der Waals surface area contributed by atoms with Crippen molar-refractivity contribution in [3.63, 3.8) is 0 Å². The lowest BCUT2D eigenvalue weighted by atomic mass is 10.2. The van der Waals surface area contributed by atoms with E-state index in [9.17, 15) is 0 Å². The molecule has 0 saturated heterocycles. The second-order valence-corrected chi connectivity index (χ2v) is 5.04. The SMILES string of the molecule is CCCNc1ncnc(NCc2ccc(Cl)cc2)c1C. The molecule has 20 heavy (non-hydrogen) atoms. The molecule has 2 rings (SSSR count). The first kappa shape index (κ1) is 14.6. The summed E-state index contributed by atoms with van der Waals surface area (Å²) in [5.74, 6) is 1.74. The summed E-state index contributed by atoms with van der Waals surface area (Å²) in [6, 6.07) is 7.78. The minimum atomic E-state index is 0.711. The first-order chi connectivity index (χ1) is 9.70. The molecule has 1 aromatic carbocycles. The van der Waals surface area contributed by atoms with Gasteiger partial charge in [-0.3, -0.25) is 0 Å². The largest absolute Gasteiger partial charge is 0.370 e. The molecule has 5 heteroatoms. The molecule has 0 saturated carbocycles. The van der Waals surface area contributed by atoms with Crippen molar-refractivity contribution in [2.75, 3.05) is 17.2 Å². The summed E-state index contributed by atoms with van der Waals surface area (Å²) in [6.07, 6.45) is 2.65. The summed E-state index contributed by atoms with van der Waals surface area (Å²) >= 11 is 5.87. The second-order valence-electron chi connectivity index (χ2n) is 4.60. The van der Waals surface area contributed by atoms with E-state index in [0.29, 0.717) is 6.54 Å². The van der Waals surface area contributed by atoms with Gasteiger partial charge in [-0.05, 0) is 31.0 Å². The number of aromatic nitrogens is 2. The number of nitrogens with zero attached hydrogens (tertiary/aromatic N) is 2. The van der Waals surface area contributed by atoms with Crippen LogP contribution >= 0.6 is 11.6 Å². The van der Waals surface area contributed by atoms with Gasteiger partial charge in [0.1, 0.15) is 18.0 Å². The van der Waals surface area contributed by atoms with Crippen LogP contribution in [0.1, 0.15) is 24.5 Å². The molecule has 106 valence electrons. The number of hydrogen-bond donors (Lipinski definition) is 2. The quantitative estimate of drug-likeness (QED) is 0.848. The highest BCUT2D eigenvalue weighted by atomic mass is 35.5. The maximum absolute atomic E-state index is 5.87. The Morgan fingerprint density at radius 3 is 2.35 bits per heavy atom. The van der Waals surface area contributed by atoms with Crippen molar-refractivity contribution in [2.45, 2.75) is 26.8 Å². The fourth-order valence-electron chi connectivity index (χ4n) is 1.84. The van der Waals surface area contributed by atoms with Crippen LogP contribution in [0.4, 0.5) is 11.6 Å². The Morgan fingerprint density at radius 2 is 1.70 bits per heavy atom. The third kappa shape index (κ3) is 3.84. The molecule has 0 aliphatic rings. The highest BCUT2D eigenvalue weighted by molar-refractivity contribution is 6.30. The molecule has 1 heterocycles. The molecular weight excluding hydrogens is 272 g/mol. The second kappa shape index (κ2) is 7.10. The van der Waals surface area contributed by atoms with E-state index < -0.39 is 0 Å². The predicted molar refractivity (Wildman–Crippen MR) is 84.3 cm³/mol. The van der Waals surface area contributed by atoms with Crippen LogP contribution in [-0.4, -0.2) is 16.5 Å². The van der Waals surface area contributed by atoms with Crippen LogP contribution in [-0.2, 0) is 6.54 Å². The first-order valence-electron chi connectivity index (χ1n) is 6.74. The topological polar surface area (TPSA) is 49.8 Å². The highest BCUT2D eigenvalue weighted by Gasteiger charge is 2.06. The fourth-order valence-corrected chi connectivity index (χ4v) is 1.96. The average Bonchev–Trinajstić information content (AvgIpc) is 2.47. The van der Waals surface area contributed by atoms with Crippen LogP contribution in [0.2, 0.25) is 5.02 Å². The third-order valence-corrected chi connectivity index (χ3v) is 3.25. The van der Waals surface area contributed by atoms with Gasteiger partial charge in [0.15, 0.2) is 0 Å². The third-order valence-electron chi connectivity index (χ3n) is 3.00. The summed E-state index contributed by atoms with van der Waals surface area (Å²) in [5.41, 5.74) is 2.20. The molecule has 0 aliphatic carbocycles. The van der Waals surface area contributed by atoms with E-state index in [1.54, 1.807) is 6.33 Å². The lowest BCUT2D eigenvalue weighted by molar-refractivity contribution is 0.957. The van der Waals surface area contributed by atoms with E-state index in [2.05, 4.69) is 27.5 Å². The van der Waals surface area contributed by atoms with Crippen molar-refractivity contribution < 1.29 is 0 Å². The molecule has 0 fully saturated rings. The zero-order chi connectivity index (χ0) is 14.4. The molecule has 0 unspecified atom stereocenters. The van der Waals surface area contributed by atoms with Crippen LogP contribution in [0.3, 0.4) is 0 Å². The molecule has 4 nitrogen and oxygen atoms in total. The minimum Gasteiger partial charge on any atom is -0.370 e. The van der Waals surface area contributed by atoms with Gasteiger partial charge in [0, 0.05) is 23.7 Å². The van der Waals surface area contributed by atoms with Gasteiger partial charge in [0.05, 0.1) is 0 Å². The van der Waals surface area contributed by atoms with Crippen molar-refractivity contribution in [1.29, 1.82) is 0 Å². The number of benzene rings is 1. The van der Waals surface area contributed by atoms with E-state index >= 15 is 0 Å². The molecule has 0 atom stereocenters. The van der Waals surface area contributed by atoms with Crippen molar-refractivity contribution in [3.05, 3.63) is 46.7 Å². The van der Waals surface area contributed by atoms with Crippen LogP contribution < -0.4 is 10.6 Å². The Kier molecular flexibility index (Phi) is 5.18. The zero-order valence-corrected chi connectivity index (χ0v) is 12.5. The van der Waals surface area contributed by atoms with Crippen molar-refractivity contribution in [3.8, 4) is 0 Å². The Balaban J connectivity index is 2.03. The van der Waals surface area contributed by atoms with Gasteiger partial charge in [-0.15, -0.1) is 0 Å². The average molecular weight is 291 g/mol. The van der Waals surface area contributed by atoms with E-state index in [1.807, 2.05) is 31.2 Å². The maximum Gasteiger partial charge on any atom is 0.134 e. The fraction of sp³-hybridized carbons (Fsp3) is 0.333. The monoisotopic (exact) mass is 290 g/mol. The number of halogens is 1. The highest BCUT2D eigenvalue weighted by Crippen LogP contribution is 2.19. The standard InChI is InChI=1S/C15H19ClN4/c1-3-8-17-14-11(2)15(20-10-19-14)18-9-12-4-6-13(16)7-5-12/h4-7,10H,3,8-9H2,1-2H3,(H2,17,18,19,20). The molecule has 2 N–H and O–H groups in total. The van der Waals surface area contributed by atoms with Gasteiger partial charge in [-0.25, -0.2) is 9.97 Å². The summed E-state index contributed by atoms with van der Waals surface area (Å²) in [5, 5.41) is 7.38. The van der Waals surface area contributed by atoms with Crippen molar-refractivity contribution in [2.24, 2.45) is 0 Å². The Hall–Kier alpha value is -1.81. The Morgan fingerprint density at radius 1 is 1.05 bits per heavy atom. The Bertz CT molecular complexity index is 554. The summed E-state index contributed by atoms with van der Waals surface area (Å²) < 4.78 is 0. The van der Waals surface area contributed by atoms with Crippen LogP contribution in [0.15, 0.2) is 30.6 Å². The normalized spacial score (nSPS) is 10.3. The van der Waals surface area contributed by atoms with E-state index in [-0.39, 0.29) is 0 Å². The number of nitrogens with one attached hydrogen (secondary N) is 2. The zero-order valence-electron chi connectivity index (χ0n) is 11.8. The molecule has 2 aromatic rings. The van der Waals surface area contributed by atoms with Crippen LogP contribution in [0.5, 0.6) is 0 Å². The number of anilines is 2. The van der Waals surface area contributed by atoms with Gasteiger partial charge in [0.25, 0.3) is 0 Å². The molecule has 0 aliphatic heterocycles. The summed E-state index contributed by atoms with van der Waals surface area (Å²) in [7, 11) is 0. The minimum absolute atomic E-state index is 0.711. The smallest absolute Gasteiger partial charge is 0.134 e. The van der Waals surface area contributed by atoms with Crippen LogP contribution in [0.25, 0.3) is 0 Å². The number of rotatable bonds is 6. The summed E-state index contributed by atoms with van der Waals surface area (Å²) in [6.45, 7) is 5.77. The van der Waals surface area contributed by atoms with E-state index in [4.69, 9.17) is 11.6 Å². The molecule has 0 spiro atoms. The van der Waals surface area contributed by atoms with Crippen LogP contribution in [0, 0.1) is 6.92 Å². The van der Waals surface area contributed by atoms with E-state index in [1.165, 1.54) is 0 Å². The first-order valence-corrected chi connectivity index (χ1v) is 7.12. The van der Waals surface area contributed by atoms with Gasteiger partial charge in [-0.2, -0.15) is 0 Å². The number of hydrogen-bond acceptors (Lipinski definition) is 4. The Labute approximate surface area is 124 Å². The van der Waals surface area contributed by atoms with Crippen molar-refractivity contribution >= 4 is 23.2 Å². The van der Waals surface area contributed by atoms with Gasteiger partial charge < -0.3 is 10.6 Å². The predicted octanol–water partition coefficient (Wildman–Crippen LogP) is 3.87. The summed E-state index contributed by atoms with van der Waals surface area (Å²) in [4.78, 5) is 8.55. The van der Waals surface area contributed by atoms with E-state index in [0.717, 1.165) is 40.8 Å².